The molecule has 0 saturated heterocycles. The van der Waals surface area contributed by atoms with Gasteiger partial charge in [-0.25, -0.2) is 27.2 Å². The zero-order valence-corrected chi connectivity index (χ0v) is 18.8. The van der Waals surface area contributed by atoms with E-state index in [2.05, 4.69) is 19.7 Å². The van der Waals surface area contributed by atoms with Gasteiger partial charge in [-0.1, -0.05) is 30.7 Å². The van der Waals surface area contributed by atoms with E-state index in [-0.39, 0.29) is 22.5 Å². The summed E-state index contributed by atoms with van der Waals surface area (Å²) < 4.78 is 55.7. The predicted octanol–water partition coefficient (Wildman–Crippen LogP) is 4.94. The van der Waals surface area contributed by atoms with Crippen molar-refractivity contribution in [3.05, 3.63) is 76.6 Å². The van der Waals surface area contributed by atoms with Crippen molar-refractivity contribution in [2.75, 3.05) is 10.5 Å². The van der Waals surface area contributed by atoms with Crippen LogP contribution >= 0.6 is 11.6 Å². The summed E-state index contributed by atoms with van der Waals surface area (Å²) >= 11 is 5.91. The van der Waals surface area contributed by atoms with Crippen molar-refractivity contribution in [1.82, 2.24) is 15.0 Å². The van der Waals surface area contributed by atoms with Gasteiger partial charge >= 0.3 is 0 Å². The van der Waals surface area contributed by atoms with E-state index >= 15 is 4.39 Å². The number of hydrogen-bond acceptors (Lipinski definition) is 5. The van der Waals surface area contributed by atoms with Crippen LogP contribution in [0.5, 0.6) is 0 Å². The third kappa shape index (κ3) is 4.57. The minimum absolute atomic E-state index is 0.111. The summed E-state index contributed by atoms with van der Waals surface area (Å²) in [6.45, 7) is 1.64. The molecule has 2 aromatic heterocycles. The van der Waals surface area contributed by atoms with Crippen LogP contribution in [0.4, 0.5) is 14.5 Å². The third-order valence-electron chi connectivity index (χ3n) is 4.82. The largest absolute Gasteiger partial charge is 0.344 e. The van der Waals surface area contributed by atoms with Gasteiger partial charge in [0.1, 0.15) is 11.3 Å². The minimum atomic E-state index is -3.85. The quantitative estimate of drug-likeness (QED) is 0.357. The molecular formula is C22H17ClF2N4O3S. The standard InChI is InChI=1S/C22H17ClF2N4O3S/c1-2-9-33(31,32)29-16-8-7-15(24)18(19(16)25)21(30)14-10-26-22-20(14)28-17(11-27-22)12-3-5-13(23)6-4-12/h3-8,10-11,29H,2,9H2,1H3,(H,26,27). The zero-order chi connectivity index (χ0) is 23.8. The Balaban J connectivity index is 1.78. The van der Waals surface area contributed by atoms with E-state index in [0.29, 0.717) is 22.7 Å². The van der Waals surface area contributed by atoms with E-state index in [0.717, 1.165) is 12.1 Å². The summed E-state index contributed by atoms with van der Waals surface area (Å²) in [5.41, 5.74) is -0.0558. The van der Waals surface area contributed by atoms with Gasteiger partial charge < -0.3 is 4.98 Å². The molecule has 2 aromatic carbocycles. The van der Waals surface area contributed by atoms with Crippen LogP contribution in [0.15, 0.2) is 48.8 Å². The average Bonchev–Trinajstić information content (AvgIpc) is 3.19. The van der Waals surface area contributed by atoms with Crippen LogP contribution < -0.4 is 4.72 Å². The molecular weight excluding hydrogens is 474 g/mol. The Kier molecular flexibility index (Phi) is 6.13. The third-order valence-corrected chi connectivity index (χ3v) is 6.55. The van der Waals surface area contributed by atoms with E-state index in [4.69, 9.17) is 11.6 Å². The topological polar surface area (TPSA) is 105 Å². The summed E-state index contributed by atoms with van der Waals surface area (Å²) in [5, 5.41) is 0.533. The number of H-pyrrole nitrogens is 1. The van der Waals surface area contributed by atoms with Crippen LogP contribution in [-0.2, 0) is 10.0 Å². The first-order chi connectivity index (χ1) is 15.7. The Bertz CT molecular complexity index is 1470. The van der Waals surface area contributed by atoms with Gasteiger partial charge in [0, 0.05) is 16.8 Å². The van der Waals surface area contributed by atoms with E-state index < -0.39 is 38.7 Å². The number of aromatic nitrogens is 3. The lowest BCUT2D eigenvalue weighted by atomic mass is 10.0. The van der Waals surface area contributed by atoms with E-state index in [1.54, 1.807) is 31.2 Å². The summed E-state index contributed by atoms with van der Waals surface area (Å²) in [6, 6.07) is 8.54. The number of hydrogen-bond donors (Lipinski definition) is 2. The number of nitrogens with one attached hydrogen (secondary N) is 2. The Morgan fingerprint density at radius 2 is 1.88 bits per heavy atom. The van der Waals surface area contributed by atoms with Gasteiger partial charge in [-0.15, -0.1) is 0 Å². The predicted molar refractivity (Wildman–Crippen MR) is 122 cm³/mol. The van der Waals surface area contributed by atoms with Gasteiger partial charge in [0.05, 0.1) is 34.5 Å². The van der Waals surface area contributed by atoms with Crippen molar-refractivity contribution in [2.24, 2.45) is 0 Å². The highest BCUT2D eigenvalue weighted by molar-refractivity contribution is 7.92. The number of carbonyl (C=O) groups is 1. The molecule has 0 atom stereocenters. The van der Waals surface area contributed by atoms with E-state index in [1.807, 2.05) is 0 Å². The van der Waals surface area contributed by atoms with Crippen molar-refractivity contribution in [2.45, 2.75) is 13.3 Å². The normalized spacial score (nSPS) is 11.6. The monoisotopic (exact) mass is 490 g/mol. The maximum atomic E-state index is 15.1. The summed E-state index contributed by atoms with van der Waals surface area (Å²) in [4.78, 5) is 24.6. The minimum Gasteiger partial charge on any atom is -0.344 e. The lowest BCUT2D eigenvalue weighted by molar-refractivity contribution is 0.103. The number of ketones is 1. The molecule has 0 spiro atoms. The second-order valence-electron chi connectivity index (χ2n) is 7.20. The first kappa shape index (κ1) is 22.8. The molecule has 0 fully saturated rings. The molecule has 33 heavy (non-hydrogen) atoms. The molecule has 0 aliphatic rings. The van der Waals surface area contributed by atoms with Crippen molar-refractivity contribution in [3.63, 3.8) is 0 Å². The van der Waals surface area contributed by atoms with Gasteiger partial charge in [0.25, 0.3) is 0 Å². The van der Waals surface area contributed by atoms with Crippen molar-refractivity contribution in [3.8, 4) is 11.3 Å². The van der Waals surface area contributed by atoms with Crippen molar-refractivity contribution >= 4 is 44.3 Å². The molecule has 0 saturated carbocycles. The molecule has 0 radical (unpaired) electrons. The fourth-order valence-electron chi connectivity index (χ4n) is 3.29. The number of carbonyl (C=O) groups excluding carboxylic acids is 1. The van der Waals surface area contributed by atoms with Crippen LogP contribution in [0.25, 0.3) is 22.4 Å². The fraction of sp³-hybridized carbons (Fsp3) is 0.136. The molecule has 11 heteroatoms. The number of benzene rings is 2. The van der Waals surface area contributed by atoms with Gasteiger partial charge in [0.2, 0.25) is 15.8 Å². The molecule has 2 heterocycles. The highest BCUT2D eigenvalue weighted by Crippen LogP contribution is 2.28. The van der Waals surface area contributed by atoms with E-state index in [1.165, 1.54) is 12.4 Å². The van der Waals surface area contributed by atoms with E-state index in [9.17, 15) is 17.6 Å². The van der Waals surface area contributed by atoms with Gasteiger partial charge in [-0.05, 0) is 30.7 Å². The molecule has 2 N–H and O–H groups in total. The summed E-state index contributed by atoms with van der Waals surface area (Å²) in [6.07, 6.45) is 3.04. The van der Waals surface area contributed by atoms with Crippen LogP contribution in [0.2, 0.25) is 5.02 Å². The smallest absolute Gasteiger partial charge is 0.232 e. The maximum Gasteiger partial charge on any atom is 0.232 e. The van der Waals surface area contributed by atoms with Crippen LogP contribution in [-0.4, -0.2) is 34.9 Å². The van der Waals surface area contributed by atoms with Crippen molar-refractivity contribution in [1.29, 1.82) is 0 Å². The number of fused-ring (bicyclic) bond motifs is 1. The molecule has 170 valence electrons. The van der Waals surface area contributed by atoms with Crippen LogP contribution in [0.3, 0.4) is 0 Å². The number of sulfonamides is 1. The number of nitrogens with zero attached hydrogens (tertiary/aromatic N) is 2. The first-order valence-electron chi connectivity index (χ1n) is 9.83. The lowest BCUT2D eigenvalue weighted by Crippen LogP contribution is -2.18. The number of halogens is 3. The van der Waals surface area contributed by atoms with Crippen LogP contribution in [0.1, 0.15) is 29.3 Å². The molecule has 7 nitrogen and oxygen atoms in total. The Morgan fingerprint density at radius 1 is 1.15 bits per heavy atom. The SMILES string of the molecule is CCCS(=O)(=O)Nc1ccc(F)c(C(=O)c2c[nH]c3ncc(-c4ccc(Cl)cc4)nc23)c1F. The molecule has 4 aromatic rings. The zero-order valence-electron chi connectivity index (χ0n) is 17.2. The molecule has 0 bridgehead atoms. The molecule has 4 rings (SSSR count). The molecule has 0 unspecified atom stereocenters. The number of anilines is 1. The van der Waals surface area contributed by atoms with Crippen molar-refractivity contribution < 1.29 is 22.0 Å². The van der Waals surface area contributed by atoms with Gasteiger partial charge in [0.15, 0.2) is 11.5 Å². The first-order valence-corrected chi connectivity index (χ1v) is 11.9. The highest BCUT2D eigenvalue weighted by Gasteiger charge is 2.26. The summed E-state index contributed by atoms with van der Waals surface area (Å²) in [5.74, 6) is -3.70. The second-order valence-corrected chi connectivity index (χ2v) is 9.47. The lowest BCUT2D eigenvalue weighted by Gasteiger charge is -2.11. The van der Waals surface area contributed by atoms with Gasteiger partial charge in [-0.3, -0.25) is 9.52 Å². The number of rotatable bonds is 7. The van der Waals surface area contributed by atoms with Crippen LogP contribution in [0, 0.1) is 11.6 Å². The van der Waals surface area contributed by atoms with Gasteiger partial charge in [-0.2, -0.15) is 0 Å². The summed E-state index contributed by atoms with van der Waals surface area (Å²) in [7, 11) is -3.85. The number of aromatic amines is 1. The Morgan fingerprint density at radius 3 is 2.58 bits per heavy atom. The Labute approximate surface area is 192 Å². The molecule has 0 amide bonds. The highest BCUT2D eigenvalue weighted by atomic mass is 35.5. The fourth-order valence-corrected chi connectivity index (χ4v) is 4.54. The molecule has 0 aliphatic carbocycles. The molecule has 0 aliphatic heterocycles. The Hall–Kier alpha value is -3.37. The second kappa shape index (κ2) is 8.87. The average molecular weight is 491 g/mol. The maximum absolute atomic E-state index is 15.1.